The van der Waals surface area contributed by atoms with Gasteiger partial charge in [-0.25, -0.2) is 0 Å². The van der Waals surface area contributed by atoms with Crippen molar-refractivity contribution >= 4 is 17.5 Å². The first kappa shape index (κ1) is 27.5. The molecule has 210 valence electrons. The quantitative estimate of drug-likeness (QED) is 0.342. The van der Waals surface area contributed by atoms with Crippen LogP contribution >= 0.6 is 0 Å². The Hall–Kier alpha value is -4.06. The number of likely N-dealkylation sites (N-methyl/N-ethyl adjacent to an activating group) is 1. The van der Waals surface area contributed by atoms with E-state index < -0.39 is 58.0 Å². The molecule has 0 spiro atoms. The van der Waals surface area contributed by atoms with E-state index in [1.165, 1.54) is 4.90 Å². The van der Waals surface area contributed by atoms with Gasteiger partial charge in [0.05, 0.1) is 17.3 Å². The molecule has 6 N–H and O–H groups in total. The number of phenolic OH excluding ortho intramolecular Hbond substituents is 1. The van der Waals surface area contributed by atoms with Gasteiger partial charge in [-0.2, -0.15) is 0 Å². The average molecular weight is 549 g/mol. The number of aliphatic hydroxyl groups is 3. The minimum atomic E-state index is -2.68. The molecule has 0 fully saturated rings. The molecular formula is C29H32N4O7. The van der Waals surface area contributed by atoms with Crippen molar-refractivity contribution in [3.05, 3.63) is 69.8 Å². The number of aliphatic hydroxyl groups excluding tert-OH is 2. The number of nitrogens with two attached hydrogens (primary N) is 1. The van der Waals surface area contributed by atoms with Crippen LogP contribution in [0.1, 0.15) is 27.9 Å². The number of amides is 1. The molecular weight excluding hydrogens is 516 g/mol. The van der Waals surface area contributed by atoms with Gasteiger partial charge in [-0.1, -0.05) is 6.07 Å². The Bertz CT molecular complexity index is 1510. The van der Waals surface area contributed by atoms with Crippen LogP contribution < -0.4 is 5.73 Å². The molecule has 0 unspecified atom stereocenters. The number of fused-ring (bicyclic) bond motifs is 3. The third-order valence-electron chi connectivity index (χ3n) is 8.23. The summed E-state index contributed by atoms with van der Waals surface area (Å²) in [6.07, 6.45) is 1.84. The molecule has 40 heavy (non-hydrogen) atoms. The van der Waals surface area contributed by atoms with Crippen LogP contribution in [0.4, 0.5) is 0 Å². The van der Waals surface area contributed by atoms with Gasteiger partial charge in [0, 0.05) is 35.4 Å². The molecule has 11 heteroatoms. The average Bonchev–Trinajstić information content (AvgIpc) is 2.87. The molecule has 2 aromatic rings. The van der Waals surface area contributed by atoms with Gasteiger partial charge in [0.2, 0.25) is 5.78 Å². The number of hydrogen-bond donors (Lipinski definition) is 5. The van der Waals surface area contributed by atoms with Gasteiger partial charge in [0.15, 0.2) is 11.4 Å². The van der Waals surface area contributed by atoms with Crippen molar-refractivity contribution in [1.29, 1.82) is 0 Å². The number of primary amides is 1. The summed E-state index contributed by atoms with van der Waals surface area (Å²) in [6.45, 7) is 0.307. The zero-order valence-electron chi connectivity index (χ0n) is 22.7. The Labute approximate surface area is 230 Å². The number of nitrogens with zero attached hydrogens (tertiary/aromatic N) is 3. The fourth-order valence-corrected chi connectivity index (χ4v) is 6.59. The molecule has 0 saturated carbocycles. The number of Topliss-reactive ketones (excluding diaryl/α,β-unsaturated/α-hetero) is 2. The van der Waals surface area contributed by atoms with Crippen LogP contribution in [0.15, 0.2) is 53.1 Å². The Morgan fingerprint density at radius 2 is 1.85 bits per heavy atom. The Kier molecular flexibility index (Phi) is 6.56. The molecule has 0 saturated heterocycles. The first-order chi connectivity index (χ1) is 18.8. The lowest BCUT2D eigenvalue weighted by Gasteiger charge is -2.50. The highest BCUT2D eigenvalue weighted by molar-refractivity contribution is 6.25. The fourth-order valence-electron chi connectivity index (χ4n) is 6.59. The second-order valence-electron chi connectivity index (χ2n) is 11.2. The van der Waals surface area contributed by atoms with E-state index in [1.807, 2.05) is 25.1 Å². The van der Waals surface area contributed by atoms with Crippen molar-refractivity contribution in [2.24, 2.45) is 17.6 Å². The van der Waals surface area contributed by atoms with E-state index in [9.17, 15) is 34.8 Å². The maximum absolute atomic E-state index is 14.1. The molecule has 1 aromatic carbocycles. The number of carbonyl (C=O) groups is 3. The topological polar surface area (TPSA) is 178 Å². The third kappa shape index (κ3) is 3.84. The van der Waals surface area contributed by atoms with Gasteiger partial charge in [0.1, 0.15) is 22.8 Å². The van der Waals surface area contributed by atoms with Crippen molar-refractivity contribution in [3.63, 3.8) is 0 Å². The predicted molar refractivity (Wildman–Crippen MR) is 144 cm³/mol. The molecule has 1 aromatic heterocycles. The first-order valence-corrected chi connectivity index (χ1v) is 12.9. The van der Waals surface area contributed by atoms with Crippen LogP contribution in [0.5, 0.6) is 5.75 Å². The minimum Gasteiger partial charge on any atom is -0.510 e. The highest BCUT2D eigenvalue weighted by Gasteiger charge is 2.63. The number of allylic oxidation sites excluding steroid dienone is 1. The lowest BCUT2D eigenvalue weighted by atomic mass is 9.58. The number of hydrogen-bond acceptors (Lipinski definition) is 10. The van der Waals surface area contributed by atoms with Crippen molar-refractivity contribution in [1.82, 2.24) is 14.8 Å². The monoisotopic (exact) mass is 548 g/mol. The Morgan fingerprint density at radius 1 is 1.15 bits per heavy atom. The van der Waals surface area contributed by atoms with Crippen LogP contribution in [0.2, 0.25) is 0 Å². The smallest absolute Gasteiger partial charge is 0.255 e. The Balaban J connectivity index is 1.76. The zero-order chi connectivity index (χ0) is 29.3. The fraction of sp³-hybridized carbons (Fsp3) is 0.379. The van der Waals surface area contributed by atoms with Gasteiger partial charge in [0.25, 0.3) is 5.91 Å². The number of pyridine rings is 1. The largest absolute Gasteiger partial charge is 0.510 e. The number of phenols is 1. The van der Waals surface area contributed by atoms with Crippen molar-refractivity contribution in [2.75, 3.05) is 28.2 Å². The lowest BCUT2D eigenvalue weighted by molar-refractivity contribution is -0.148. The lowest BCUT2D eigenvalue weighted by Crippen LogP contribution is -2.63. The van der Waals surface area contributed by atoms with E-state index in [0.29, 0.717) is 28.9 Å². The van der Waals surface area contributed by atoms with Crippen molar-refractivity contribution in [2.45, 2.75) is 31.0 Å². The zero-order valence-corrected chi connectivity index (χ0v) is 22.7. The third-order valence-corrected chi connectivity index (χ3v) is 8.23. The molecule has 4 atom stereocenters. The molecule has 0 bridgehead atoms. The van der Waals surface area contributed by atoms with Crippen molar-refractivity contribution in [3.8, 4) is 17.0 Å². The normalized spacial score (nSPS) is 26.2. The number of ketones is 2. The summed E-state index contributed by atoms with van der Waals surface area (Å²) < 4.78 is 0. The van der Waals surface area contributed by atoms with E-state index in [0.717, 1.165) is 0 Å². The first-order valence-electron chi connectivity index (χ1n) is 12.9. The number of aromatic hydroxyl groups is 1. The van der Waals surface area contributed by atoms with E-state index in [4.69, 9.17) is 5.73 Å². The predicted octanol–water partition coefficient (Wildman–Crippen LogP) is 1.24. The summed E-state index contributed by atoms with van der Waals surface area (Å²) in [5.41, 5.74) is 3.93. The second kappa shape index (κ2) is 9.54. The molecule has 3 aliphatic rings. The standard InChI is InChI=1S/C29H32N4O7/c1-32(2)12-14-10-15(18-7-5-6-8-31-18)16-9-13-11-17-22(33(3)4)25(36)21(28(30)39)27(38)29(17,40)26(37)19(13)24(35)20(16)23(14)34/h5-8,10,13,17,22,34,36-37,40H,9,11-12H2,1-4H3,(H2,30,39)/t13-,17-,22+,29-/m0/s1. The highest BCUT2D eigenvalue weighted by Crippen LogP contribution is 2.53. The SMILES string of the molecule is CN(C)Cc1cc(-c2ccccn2)c2c(c1O)C(=O)C1=C(O)[C@]3(O)C(=O)C(C(N)=O)=C(O)[C@H](N(C)C)[C@@H]3C[C@@H]1C2. The van der Waals surface area contributed by atoms with E-state index >= 15 is 0 Å². The van der Waals surface area contributed by atoms with Gasteiger partial charge in [-0.05, 0) is 70.7 Å². The minimum absolute atomic E-state index is 0.0215. The number of benzene rings is 1. The van der Waals surface area contributed by atoms with Crippen molar-refractivity contribution < 1.29 is 34.8 Å². The molecule has 3 aliphatic carbocycles. The summed E-state index contributed by atoms with van der Waals surface area (Å²) in [6, 6.07) is 6.14. The number of aromatic nitrogens is 1. The van der Waals surface area contributed by atoms with Crippen LogP contribution in [0, 0.1) is 11.8 Å². The molecule has 5 rings (SSSR count). The van der Waals surface area contributed by atoms with Crippen LogP contribution in [-0.4, -0.2) is 92.5 Å². The van der Waals surface area contributed by atoms with Gasteiger partial charge in [-0.3, -0.25) is 24.3 Å². The summed E-state index contributed by atoms with van der Waals surface area (Å²) in [4.78, 5) is 47.6. The highest BCUT2D eigenvalue weighted by atomic mass is 16.3. The van der Waals surface area contributed by atoms with E-state index in [2.05, 4.69) is 4.98 Å². The second-order valence-corrected chi connectivity index (χ2v) is 11.2. The molecule has 0 radical (unpaired) electrons. The number of carbonyl (C=O) groups excluding carboxylic acids is 3. The van der Waals surface area contributed by atoms with Gasteiger partial charge in [-0.15, -0.1) is 0 Å². The summed E-state index contributed by atoms with van der Waals surface area (Å²) >= 11 is 0. The van der Waals surface area contributed by atoms with Crippen LogP contribution in [0.25, 0.3) is 11.3 Å². The van der Waals surface area contributed by atoms with Gasteiger partial charge < -0.3 is 31.1 Å². The molecule has 1 amide bonds. The summed E-state index contributed by atoms with van der Waals surface area (Å²) in [5, 5.41) is 45.5. The van der Waals surface area contributed by atoms with Crippen LogP contribution in [-0.2, 0) is 22.6 Å². The van der Waals surface area contributed by atoms with E-state index in [-0.39, 0.29) is 29.7 Å². The number of rotatable bonds is 5. The Morgan fingerprint density at radius 3 is 2.42 bits per heavy atom. The van der Waals surface area contributed by atoms with Gasteiger partial charge >= 0.3 is 0 Å². The van der Waals surface area contributed by atoms with E-state index in [1.54, 1.807) is 38.5 Å². The summed E-state index contributed by atoms with van der Waals surface area (Å²) in [7, 11) is 6.82. The molecule has 1 heterocycles. The summed E-state index contributed by atoms with van der Waals surface area (Å²) in [5.74, 6) is -6.72. The van der Waals surface area contributed by atoms with Crippen LogP contribution in [0.3, 0.4) is 0 Å². The molecule has 11 nitrogen and oxygen atoms in total. The maximum atomic E-state index is 14.1. The maximum Gasteiger partial charge on any atom is 0.255 e. The molecule has 0 aliphatic heterocycles.